The van der Waals surface area contributed by atoms with Crippen LogP contribution >= 0.6 is 0 Å². The lowest BCUT2D eigenvalue weighted by molar-refractivity contribution is -0.130. The standard InChI is InChI=1S/C12H26N2O/c1-10(2)9-14(6)11(15)7-8-13-12(3,4)5/h10,13H,7-9H2,1-6H3. The van der Waals surface area contributed by atoms with Gasteiger partial charge in [-0.05, 0) is 26.7 Å². The number of nitrogens with zero attached hydrogens (tertiary/aromatic N) is 1. The van der Waals surface area contributed by atoms with Crippen molar-refractivity contribution in [1.29, 1.82) is 0 Å². The topological polar surface area (TPSA) is 32.3 Å². The Morgan fingerprint density at radius 3 is 2.27 bits per heavy atom. The fourth-order valence-corrected chi connectivity index (χ4v) is 1.38. The lowest BCUT2D eigenvalue weighted by Gasteiger charge is -2.23. The zero-order chi connectivity index (χ0) is 12.1. The van der Waals surface area contributed by atoms with E-state index in [0.717, 1.165) is 13.1 Å². The fraction of sp³-hybridized carbons (Fsp3) is 0.917. The number of nitrogens with one attached hydrogen (secondary N) is 1. The van der Waals surface area contributed by atoms with Crippen molar-refractivity contribution in [3.8, 4) is 0 Å². The molecule has 1 amide bonds. The van der Waals surface area contributed by atoms with Crippen LogP contribution in [0.25, 0.3) is 0 Å². The average Bonchev–Trinajstić information content (AvgIpc) is 2.00. The maximum Gasteiger partial charge on any atom is 0.223 e. The zero-order valence-electron chi connectivity index (χ0n) is 11.1. The van der Waals surface area contributed by atoms with Gasteiger partial charge in [0.1, 0.15) is 0 Å². The normalized spacial score (nSPS) is 11.9. The Hall–Kier alpha value is -0.570. The molecule has 0 aromatic rings. The van der Waals surface area contributed by atoms with E-state index < -0.39 is 0 Å². The van der Waals surface area contributed by atoms with Gasteiger partial charge in [-0.3, -0.25) is 4.79 Å². The lowest BCUT2D eigenvalue weighted by atomic mass is 10.1. The molecule has 0 bridgehead atoms. The van der Waals surface area contributed by atoms with Crippen LogP contribution in [0, 0.1) is 5.92 Å². The van der Waals surface area contributed by atoms with Crippen LogP contribution in [-0.2, 0) is 4.79 Å². The summed E-state index contributed by atoms with van der Waals surface area (Å²) in [6.07, 6.45) is 0.584. The molecule has 3 nitrogen and oxygen atoms in total. The molecule has 0 heterocycles. The van der Waals surface area contributed by atoms with Gasteiger partial charge >= 0.3 is 0 Å². The van der Waals surface area contributed by atoms with Gasteiger partial charge in [0.15, 0.2) is 0 Å². The molecule has 3 heteroatoms. The van der Waals surface area contributed by atoms with Gasteiger partial charge in [0.2, 0.25) is 5.91 Å². The Morgan fingerprint density at radius 1 is 1.33 bits per heavy atom. The van der Waals surface area contributed by atoms with Crippen LogP contribution in [-0.4, -0.2) is 36.5 Å². The van der Waals surface area contributed by atoms with E-state index in [-0.39, 0.29) is 11.4 Å². The molecule has 0 saturated carbocycles. The predicted octanol–water partition coefficient (Wildman–Crippen LogP) is 1.88. The molecular weight excluding hydrogens is 188 g/mol. The molecule has 0 aliphatic rings. The molecule has 0 fully saturated rings. The van der Waals surface area contributed by atoms with Crippen LogP contribution in [0.1, 0.15) is 41.0 Å². The third kappa shape index (κ3) is 8.43. The Balaban J connectivity index is 3.74. The Labute approximate surface area is 94.2 Å². The van der Waals surface area contributed by atoms with Gasteiger partial charge in [0.05, 0.1) is 0 Å². The smallest absolute Gasteiger partial charge is 0.223 e. The van der Waals surface area contributed by atoms with Crippen molar-refractivity contribution in [2.75, 3.05) is 20.1 Å². The first-order chi connectivity index (χ1) is 6.72. The van der Waals surface area contributed by atoms with Crippen LogP contribution in [0.2, 0.25) is 0 Å². The summed E-state index contributed by atoms with van der Waals surface area (Å²) in [5, 5.41) is 3.31. The van der Waals surface area contributed by atoms with Gasteiger partial charge in [-0.25, -0.2) is 0 Å². The van der Waals surface area contributed by atoms with Crippen molar-refractivity contribution < 1.29 is 4.79 Å². The van der Waals surface area contributed by atoms with Crippen molar-refractivity contribution >= 4 is 5.91 Å². The van der Waals surface area contributed by atoms with Crippen molar-refractivity contribution in [3.05, 3.63) is 0 Å². The molecule has 90 valence electrons. The van der Waals surface area contributed by atoms with Gasteiger partial charge < -0.3 is 10.2 Å². The number of hydrogen-bond donors (Lipinski definition) is 1. The summed E-state index contributed by atoms with van der Waals surface area (Å²) in [6.45, 7) is 12.2. The predicted molar refractivity (Wildman–Crippen MR) is 64.8 cm³/mol. The molecule has 0 aliphatic carbocycles. The van der Waals surface area contributed by atoms with E-state index in [1.165, 1.54) is 0 Å². The lowest BCUT2D eigenvalue weighted by Crippen LogP contribution is -2.39. The van der Waals surface area contributed by atoms with Crippen LogP contribution in [0.4, 0.5) is 0 Å². The summed E-state index contributed by atoms with van der Waals surface area (Å²) < 4.78 is 0. The third-order valence-electron chi connectivity index (χ3n) is 2.06. The highest BCUT2D eigenvalue weighted by atomic mass is 16.2. The second-order valence-electron chi connectivity index (χ2n) is 5.59. The Kier molecular flexibility index (Phi) is 5.88. The molecule has 0 atom stereocenters. The number of rotatable bonds is 5. The summed E-state index contributed by atoms with van der Waals surface area (Å²) in [6, 6.07) is 0. The summed E-state index contributed by atoms with van der Waals surface area (Å²) in [5.74, 6) is 0.759. The highest BCUT2D eigenvalue weighted by molar-refractivity contribution is 5.76. The quantitative estimate of drug-likeness (QED) is 0.758. The third-order valence-corrected chi connectivity index (χ3v) is 2.06. The van der Waals surface area contributed by atoms with Crippen molar-refractivity contribution in [1.82, 2.24) is 10.2 Å². The number of hydrogen-bond acceptors (Lipinski definition) is 2. The number of amides is 1. The molecule has 0 aromatic carbocycles. The minimum Gasteiger partial charge on any atom is -0.345 e. The minimum atomic E-state index is 0.0941. The van der Waals surface area contributed by atoms with E-state index in [1.807, 2.05) is 11.9 Å². The summed E-state index contributed by atoms with van der Waals surface area (Å²) in [5.41, 5.74) is 0.0941. The first-order valence-electron chi connectivity index (χ1n) is 5.71. The van der Waals surface area contributed by atoms with E-state index in [4.69, 9.17) is 0 Å². The number of carbonyl (C=O) groups is 1. The van der Waals surface area contributed by atoms with Crippen LogP contribution < -0.4 is 5.32 Å². The van der Waals surface area contributed by atoms with Gasteiger partial charge in [-0.1, -0.05) is 13.8 Å². The van der Waals surface area contributed by atoms with Crippen LogP contribution in [0.15, 0.2) is 0 Å². The Bertz CT molecular complexity index is 194. The Morgan fingerprint density at radius 2 is 1.87 bits per heavy atom. The molecule has 1 N–H and O–H groups in total. The van der Waals surface area contributed by atoms with Crippen molar-refractivity contribution in [3.63, 3.8) is 0 Å². The van der Waals surface area contributed by atoms with E-state index >= 15 is 0 Å². The minimum absolute atomic E-state index is 0.0941. The van der Waals surface area contributed by atoms with E-state index in [1.54, 1.807) is 0 Å². The van der Waals surface area contributed by atoms with Gasteiger partial charge in [-0.15, -0.1) is 0 Å². The van der Waals surface area contributed by atoms with Gasteiger partial charge in [0, 0.05) is 32.1 Å². The average molecular weight is 214 g/mol. The van der Waals surface area contributed by atoms with Crippen molar-refractivity contribution in [2.24, 2.45) is 5.92 Å². The van der Waals surface area contributed by atoms with Crippen LogP contribution in [0.5, 0.6) is 0 Å². The van der Waals surface area contributed by atoms with E-state index in [2.05, 4.69) is 39.9 Å². The SMILES string of the molecule is CC(C)CN(C)C(=O)CCNC(C)(C)C. The maximum atomic E-state index is 11.7. The summed E-state index contributed by atoms with van der Waals surface area (Å²) in [7, 11) is 1.87. The van der Waals surface area contributed by atoms with E-state index in [9.17, 15) is 4.79 Å². The first-order valence-corrected chi connectivity index (χ1v) is 5.71. The number of carbonyl (C=O) groups excluding carboxylic acids is 1. The molecule has 0 aliphatic heterocycles. The van der Waals surface area contributed by atoms with Gasteiger partial charge in [-0.2, -0.15) is 0 Å². The molecular formula is C12H26N2O. The van der Waals surface area contributed by atoms with Crippen LogP contribution in [0.3, 0.4) is 0 Å². The maximum absolute atomic E-state index is 11.7. The van der Waals surface area contributed by atoms with Gasteiger partial charge in [0.25, 0.3) is 0 Å². The summed E-state index contributed by atoms with van der Waals surface area (Å²) in [4.78, 5) is 13.5. The molecule has 15 heavy (non-hydrogen) atoms. The fourth-order valence-electron chi connectivity index (χ4n) is 1.38. The molecule has 0 spiro atoms. The second kappa shape index (κ2) is 6.11. The zero-order valence-corrected chi connectivity index (χ0v) is 11.1. The monoisotopic (exact) mass is 214 g/mol. The highest BCUT2D eigenvalue weighted by Crippen LogP contribution is 2.01. The highest BCUT2D eigenvalue weighted by Gasteiger charge is 2.12. The molecule has 0 aromatic heterocycles. The molecule has 0 saturated heterocycles. The van der Waals surface area contributed by atoms with Crippen molar-refractivity contribution in [2.45, 2.75) is 46.6 Å². The largest absolute Gasteiger partial charge is 0.345 e. The second-order valence-corrected chi connectivity index (χ2v) is 5.59. The molecule has 0 rings (SSSR count). The first kappa shape index (κ1) is 14.4. The van der Waals surface area contributed by atoms with E-state index in [0.29, 0.717) is 12.3 Å². The summed E-state index contributed by atoms with van der Waals surface area (Å²) >= 11 is 0. The molecule has 0 radical (unpaired) electrons. The molecule has 0 unspecified atom stereocenters.